The third-order valence-electron chi connectivity index (χ3n) is 3.87. The molecule has 0 saturated heterocycles. The molecule has 2 rings (SSSR count). The molecular weight excluding hydrogens is 308 g/mol. The zero-order valence-electron chi connectivity index (χ0n) is 13.7. The largest absolute Gasteiger partial charge is 0.299 e. The van der Waals surface area contributed by atoms with Gasteiger partial charge in [0.1, 0.15) is 5.78 Å². The van der Waals surface area contributed by atoms with Crippen molar-refractivity contribution in [3.05, 3.63) is 70.7 Å². The molecular formula is C20H21ClO2. The van der Waals surface area contributed by atoms with Crippen LogP contribution in [0.15, 0.2) is 54.6 Å². The molecule has 0 bridgehead atoms. The molecule has 0 aromatic heterocycles. The van der Waals surface area contributed by atoms with E-state index in [0.29, 0.717) is 10.6 Å². The second-order valence-electron chi connectivity index (χ2n) is 6.71. The zero-order valence-corrected chi connectivity index (χ0v) is 14.4. The van der Waals surface area contributed by atoms with E-state index >= 15 is 0 Å². The molecule has 0 aliphatic carbocycles. The number of hydrogen-bond acceptors (Lipinski definition) is 2. The summed E-state index contributed by atoms with van der Waals surface area (Å²) in [6, 6.07) is 16.3. The molecule has 1 atom stereocenters. The number of Topliss-reactive ketones (excluding diaryl/α,β-unsaturated/α-hetero) is 2. The molecule has 3 heteroatoms. The van der Waals surface area contributed by atoms with E-state index < -0.39 is 11.3 Å². The van der Waals surface area contributed by atoms with Crippen LogP contribution >= 0.6 is 11.6 Å². The number of carbonyl (C=O) groups excluding carboxylic acids is 2. The van der Waals surface area contributed by atoms with Gasteiger partial charge in [-0.25, -0.2) is 0 Å². The van der Waals surface area contributed by atoms with Crippen LogP contribution in [0.25, 0.3) is 0 Å². The highest BCUT2D eigenvalue weighted by molar-refractivity contribution is 6.30. The summed E-state index contributed by atoms with van der Waals surface area (Å²) in [5.74, 6) is -0.441. The van der Waals surface area contributed by atoms with E-state index in [4.69, 9.17) is 11.6 Å². The van der Waals surface area contributed by atoms with E-state index in [2.05, 4.69) is 0 Å². The molecule has 0 fully saturated rings. The minimum Gasteiger partial charge on any atom is -0.299 e. The first-order chi connectivity index (χ1) is 10.8. The highest BCUT2D eigenvalue weighted by atomic mass is 35.5. The molecule has 0 amide bonds. The number of ketones is 2. The zero-order chi connectivity index (χ0) is 17.0. The predicted octanol–water partition coefficient (Wildman–Crippen LogP) is 5.31. The number of halogens is 1. The number of benzene rings is 2. The Morgan fingerprint density at radius 3 is 2.04 bits per heavy atom. The Hall–Kier alpha value is -1.93. The molecule has 23 heavy (non-hydrogen) atoms. The molecule has 2 aromatic carbocycles. The third kappa shape index (κ3) is 4.52. The van der Waals surface area contributed by atoms with E-state index in [9.17, 15) is 9.59 Å². The molecule has 2 aromatic rings. The van der Waals surface area contributed by atoms with Gasteiger partial charge < -0.3 is 0 Å². The van der Waals surface area contributed by atoms with Crippen LogP contribution in [0.5, 0.6) is 0 Å². The molecule has 0 N–H and O–H groups in total. The molecule has 0 heterocycles. The first-order valence-corrected chi connectivity index (χ1v) is 8.05. The van der Waals surface area contributed by atoms with Crippen LogP contribution in [0.4, 0.5) is 0 Å². The topological polar surface area (TPSA) is 34.1 Å². The van der Waals surface area contributed by atoms with Crippen molar-refractivity contribution in [2.24, 2.45) is 5.41 Å². The summed E-state index contributed by atoms with van der Waals surface area (Å²) in [5, 5.41) is 0.587. The van der Waals surface area contributed by atoms with Crippen LogP contribution in [0.2, 0.25) is 5.02 Å². The summed E-state index contributed by atoms with van der Waals surface area (Å²) in [6.07, 6.45) is 0.203. The van der Waals surface area contributed by atoms with Crippen LogP contribution in [0.3, 0.4) is 0 Å². The Morgan fingerprint density at radius 2 is 1.52 bits per heavy atom. The lowest BCUT2D eigenvalue weighted by atomic mass is 9.80. The normalized spacial score (nSPS) is 12.7. The van der Waals surface area contributed by atoms with Crippen molar-refractivity contribution in [2.45, 2.75) is 33.1 Å². The second-order valence-corrected chi connectivity index (χ2v) is 7.15. The van der Waals surface area contributed by atoms with Gasteiger partial charge in [-0.15, -0.1) is 0 Å². The van der Waals surface area contributed by atoms with Crippen molar-refractivity contribution in [1.29, 1.82) is 0 Å². The summed E-state index contributed by atoms with van der Waals surface area (Å²) in [7, 11) is 0. The highest BCUT2D eigenvalue weighted by Gasteiger charge is 2.29. The lowest BCUT2D eigenvalue weighted by Crippen LogP contribution is -2.25. The van der Waals surface area contributed by atoms with Gasteiger partial charge in [0.05, 0.1) is 5.92 Å². The lowest BCUT2D eigenvalue weighted by molar-refractivity contribution is -0.126. The minimum absolute atomic E-state index is 0.0505. The molecule has 0 radical (unpaired) electrons. The Kier molecular flexibility index (Phi) is 5.38. The van der Waals surface area contributed by atoms with Gasteiger partial charge in [-0.3, -0.25) is 9.59 Å². The average molecular weight is 329 g/mol. The maximum atomic E-state index is 12.9. The fraction of sp³-hybridized carbons (Fsp3) is 0.300. The lowest BCUT2D eigenvalue weighted by Gasteiger charge is -2.22. The minimum atomic E-state index is -0.468. The fourth-order valence-electron chi connectivity index (χ4n) is 2.35. The van der Waals surface area contributed by atoms with Crippen molar-refractivity contribution >= 4 is 23.2 Å². The summed E-state index contributed by atoms with van der Waals surface area (Å²) < 4.78 is 0. The van der Waals surface area contributed by atoms with Gasteiger partial charge in [-0.1, -0.05) is 62.7 Å². The van der Waals surface area contributed by atoms with Crippen LogP contribution < -0.4 is 0 Å². The van der Waals surface area contributed by atoms with Crippen LogP contribution in [0, 0.1) is 5.41 Å². The fourth-order valence-corrected chi connectivity index (χ4v) is 2.48. The Morgan fingerprint density at radius 1 is 0.957 bits per heavy atom. The van der Waals surface area contributed by atoms with Crippen molar-refractivity contribution in [2.75, 3.05) is 0 Å². The van der Waals surface area contributed by atoms with Gasteiger partial charge >= 0.3 is 0 Å². The van der Waals surface area contributed by atoms with E-state index in [1.807, 2.05) is 51.1 Å². The second kappa shape index (κ2) is 7.10. The van der Waals surface area contributed by atoms with Crippen molar-refractivity contribution < 1.29 is 9.59 Å². The van der Waals surface area contributed by atoms with E-state index in [1.165, 1.54) is 0 Å². The van der Waals surface area contributed by atoms with Gasteiger partial charge in [-0.05, 0) is 29.8 Å². The molecule has 1 unspecified atom stereocenters. The number of carbonyl (C=O) groups is 2. The predicted molar refractivity (Wildman–Crippen MR) is 94.0 cm³/mol. The molecule has 0 aliphatic heterocycles. The summed E-state index contributed by atoms with van der Waals surface area (Å²) in [5.41, 5.74) is 0.975. The van der Waals surface area contributed by atoms with Crippen LogP contribution in [-0.4, -0.2) is 11.6 Å². The average Bonchev–Trinajstić information content (AvgIpc) is 2.52. The Labute approximate surface area is 142 Å². The van der Waals surface area contributed by atoms with E-state index in [-0.39, 0.29) is 18.0 Å². The molecule has 0 aliphatic rings. The Bertz CT molecular complexity index is 682. The van der Waals surface area contributed by atoms with E-state index in [1.54, 1.807) is 24.3 Å². The van der Waals surface area contributed by atoms with E-state index in [0.717, 1.165) is 5.56 Å². The van der Waals surface area contributed by atoms with Gasteiger partial charge in [0.2, 0.25) is 0 Å². The third-order valence-corrected chi connectivity index (χ3v) is 4.13. The van der Waals surface area contributed by atoms with Gasteiger partial charge in [-0.2, -0.15) is 0 Å². The molecule has 0 spiro atoms. The van der Waals surface area contributed by atoms with Gasteiger partial charge in [0, 0.05) is 22.4 Å². The van der Waals surface area contributed by atoms with Crippen LogP contribution in [0.1, 0.15) is 49.0 Å². The maximum Gasteiger partial charge on any atom is 0.170 e. The van der Waals surface area contributed by atoms with Crippen molar-refractivity contribution in [3.8, 4) is 0 Å². The maximum absolute atomic E-state index is 12.9. The van der Waals surface area contributed by atoms with Crippen molar-refractivity contribution in [1.82, 2.24) is 0 Å². The standard InChI is InChI=1S/C20H21ClO2/c1-20(2,3)18(22)13-17(14-7-5-4-6-8-14)19(23)15-9-11-16(21)12-10-15/h4-12,17H,13H2,1-3H3. The quantitative estimate of drug-likeness (QED) is 0.697. The first-order valence-electron chi connectivity index (χ1n) is 7.67. The summed E-state index contributed by atoms with van der Waals surface area (Å²) in [6.45, 7) is 5.64. The number of hydrogen-bond donors (Lipinski definition) is 0. The Balaban J connectivity index is 2.35. The summed E-state index contributed by atoms with van der Waals surface area (Å²) in [4.78, 5) is 25.4. The SMILES string of the molecule is CC(C)(C)C(=O)CC(C(=O)c1ccc(Cl)cc1)c1ccccc1. The molecule has 2 nitrogen and oxygen atoms in total. The number of rotatable bonds is 5. The smallest absolute Gasteiger partial charge is 0.170 e. The van der Waals surface area contributed by atoms with Crippen molar-refractivity contribution in [3.63, 3.8) is 0 Å². The van der Waals surface area contributed by atoms with Gasteiger partial charge in [0.25, 0.3) is 0 Å². The molecule has 0 saturated carbocycles. The summed E-state index contributed by atoms with van der Waals surface area (Å²) >= 11 is 5.89. The monoisotopic (exact) mass is 328 g/mol. The molecule has 120 valence electrons. The first kappa shape index (κ1) is 17.4. The highest BCUT2D eigenvalue weighted by Crippen LogP contribution is 2.29. The van der Waals surface area contributed by atoms with Gasteiger partial charge in [0.15, 0.2) is 5.78 Å². The van der Waals surface area contributed by atoms with Crippen LogP contribution in [-0.2, 0) is 4.79 Å².